The first-order valence-electron chi connectivity index (χ1n) is 8.33. The number of hydrogen-bond acceptors (Lipinski definition) is 3. The Hall–Kier alpha value is -1.16. The zero-order chi connectivity index (χ0) is 17.9. The lowest BCUT2D eigenvalue weighted by Crippen LogP contribution is -2.19. The van der Waals surface area contributed by atoms with Crippen molar-refractivity contribution in [3.63, 3.8) is 0 Å². The molecule has 0 rings (SSSR count). The Kier molecular flexibility index (Phi) is 10.8. The smallest absolute Gasteiger partial charge is 0.0800 e. The van der Waals surface area contributed by atoms with Crippen LogP contribution in [0.2, 0.25) is 0 Å². The van der Waals surface area contributed by atoms with Gasteiger partial charge in [-0.05, 0) is 59.0 Å². The van der Waals surface area contributed by atoms with E-state index in [9.17, 15) is 15.3 Å². The molecule has 2 atom stereocenters. The molecule has 0 aliphatic heterocycles. The Morgan fingerprint density at radius 2 is 1.83 bits per heavy atom. The van der Waals surface area contributed by atoms with Crippen molar-refractivity contribution < 1.29 is 15.3 Å². The summed E-state index contributed by atoms with van der Waals surface area (Å²) in [6.45, 7) is 11.3. The lowest BCUT2D eigenvalue weighted by molar-refractivity contribution is 0.103. The first-order chi connectivity index (χ1) is 10.7. The molecule has 3 heteroatoms. The molecule has 0 aliphatic carbocycles. The van der Waals surface area contributed by atoms with Gasteiger partial charge in [0.15, 0.2) is 0 Å². The Balaban J connectivity index is 4.31. The fraction of sp³-hybridized carbons (Fsp3) is 0.600. The number of aliphatic hydroxyl groups excluding tert-OH is 2. The summed E-state index contributed by atoms with van der Waals surface area (Å²) in [6, 6.07) is 0. The first-order valence-corrected chi connectivity index (χ1v) is 8.33. The van der Waals surface area contributed by atoms with Crippen molar-refractivity contribution in [2.75, 3.05) is 6.61 Å². The van der Waals surface area contributed by atoms with Gasteiger partial charge >= 0.3 is 0 Å². The summed E-state index contributed by atoms with van der Waals surface area (Å²) in [5.41, 5.74) is 2.41. The van der Waals surface area contributed by atoms with E-state index in [1.807, 2.05) is 19.9 Å². The van der Waals surface area contributed by atoms with Crippen molar-refractivity contribution in [2.24, 2.45) is 0 Å². The highest BCUT2D eigenvalue weighted by Crippen LogP contribution is 2.16. The maximum atomic E-state index is 9.87. The number of rotatable bonds is 11. The normalized spacial score (nSPS) is 16.7. The monoisotopic (exact) mass is 322 g/mol. The van der Waals surface area contributed by atoms with Gasteiger partial charge in [0.25, 0.3) is 0 Å². The molecular formula is C20H34O3. The summed E-state index contributed by atoms with van der Waals surface area (Å²) >= 11 is 0. The van der Waals surface area contributed by atoms with Crippen molar-refractivity contribution in [3.8, 4) is 0 Å². The van der Waals surface area contributed by atoms with E-state index in [0.29, 0.717) is 12.8 Å². The summed E-state index contributed by atoms with van der Waals surface area (Å²) in [5, 5.41) is 29.1. The van der Waals surface area contributed by atoms with Gasteiger partial charge in [-0.3, -0.25) is 0 Å². The summed E-state index contributed by atoms with van der Waals surface area (Å²) in [7, 11) is 0. The molecule has 0 spiro atoms. The zero-order valence-electron chi connectivity index (χ0n) is 15.2. The third-order valence-corrected chi connectivity index (χ3v) is 3.75. The number of hydrogen-bond donors (Lipinski definition) is 3. The number of allylic oxidation sites excluding steroid dienone is 4. The maximum Gasteiger partial charge on any atom is 0.0800 e. The van der Waals surface area contributed by atoms with E-state index in [1.165, 1.54) is 5.57 Å². The molecule has 0 aromatic heterocycles. The molecule has 0 amide bonds. The Morgan fingerprint density at radius 1 is 1.17 bits per heavy atom. The van der Waals surface area contributed by atoms with Crippen LogP contribution in [0.25, 0.3) is 0 Å². The second-order valence-corrected chi connectivity index (χ2v) is 6.73. The molecule has 0 saturated heterocycles. The molecular weight excluding hydrogens is 288 g/mol. The fourth-order valence-corrected chi connectivity index (χ4v) is 2.24. The molecule has 0 aromatic rings. The van der Waals surface area contributed by atoms with Crippen LogP contribution in [-0.2, 0) is 0 Å². The van der Waals surface area contributed by atoms with E-state index >= 15 is 0 Å². The van der Waals surface area contributed by atoms with Crippen LogP contribution in [0.15, 0.2) is 47.6 Å². The van der Waals surface area contributed by atoms with Gasteiger partial charge in [0.05, 0.1) is 18.3 Å². The first kappa shape index (κ1) is 21.8. The topological polar surface area (TPSA) is 60.7 Å². The van der Waals surface area contributed by atoms with E-state index in [-0.39, 0.29) is 6.61 Å². The summed E-state index contributed by atoms with van der Waals surface area (Å²) in [4.78, 5) is 0. The molecule has 132 valence electrons. The van der Waals surface area contributed by atoms with Crippen molar-refractivity contribution in [2.45, 2.75) is 71.5 Å². The second-order valence-electron chi connectivity index (χ2n) is 6.73. The van der Waals surface area contributed by atoms with Crippen LogP contribution in [0.5, 0.6) is 0 Å². The third-order valence-electron chi connectivity index (χ3n) is 3.75. The second kappa shape index (κ2) is 11.4. The minimum atomic E-state index is -0.804. The SMILES string of the molecule is C=CC(C)(O)CC/C=C(\C)CC/C=C(\CO)CC(O)C=C(C)C. The van der Waals surface area contributed by atoms with E-state index < -0.39 is 11.7 Å². The van der Waals surface area contributed by atoms with Crippen molar-refractivity contribution in [1.82, 2.24) is 0 Å². The summed E-state index contributed by atoms with van der Waals surface area (Å²) in [6.07, 6.45) is 10.7. The van der Waals surface area contributed by atoms with Gasteiger partial charge in [0, 0.05) is 6.42 Å². The highest BCUT2D eigenvalue weighted by molar-refractivity contribution is 5.10. The van der Waals surface area contributed by atoms with Gasteiger partial charge in [-0.2, -0.15) is 0 Å². The van der Waals surface area contributed by atoms with Crippen LogP contribution in [0.3, 0.4) is 0 Å². The van der Waals surface area contributed by atoms with E-state index in [4.69, 9.17) is 0 Å². The van der Waals surface area contributed by atoms with Crippen LogP contribution in [0.4, 0.5) is 0 Å². The standard InChI is InChI=1S/C20H34O3/c1-6-20(5,23)12-8-10-17(4)9-7-11-18(15-21)14-19(22)13-16(2)3/h6,10-11,13,19,21-23H,1,7-9,12,14-15H2,2-5H3/b17-10+,18-11-. The zero-order valence-corrected chi connectivity index (χ0v) is 15.2. The van der Waals surface area contributed by atoms with Gasteiger partial charge < -0.3 is 15.3 Å². The van der Waals surface area contributed by atoms with Crippen LogP contribution in [0, 0.1) is 0 Å². The van der Waals surface area contributed by atoms with Crippen molar-refractivity contribution in [3.05, 3.63) is 47.6 Å². The van der Waals surface area contributed by atoms with E-state index in [0.717, 1.165) is 30.4 Å². The molecule has 0 heterocycles. The minimum absolute atomic E-state index is 0.0153. The number of aliphatic hydroxyl groups is 3. The van der Waals surface area contributed by atoms with Gasteiger partial charge in [0.2, 0.25) is 0 Å². The predicted molar refractivity (Wildman–Crippen MR) is 98.3 cm³/mol. The molecule has 3 nitrogen and oxygen atoms in total. The van der Waals surface area contributed by atoms with Crippen LogP contribution in [0.1, 0.15) is 59.8 Å². The average Bonchev–Trinajstić information content (AvgIpc) is 2.45. The molecule has 0 fully saturated rings. The highest BCUT2D eigenvalue weighted by atomic mass is 16.3. The van der Waals surface area contributed by atoms with Gasteiger partial charge in [0.1, 0.15) is 0 Å². The minimum Gasteiger partial charge on any atom is -0.392 e. The molecule has 23 heavy (non-hydrogen) atoms. The quantitative estimate of drug-likeness (QED) is 0.503. The highest BCUT2D eigenvalue weighted by Gasteiger charge is 2.13. The Bertz CT molecular complexity index is 438. The van der Waals surface area contributed by atoms with Crippen molar-refractivity contribution >= 4 is 0 Å². The van der Waals surface area contributed by atoms with Crippen molar-refractivity contribution in [1.29, 1.82) is 0 Å². The molecule has 3 N–H and O–H groups in total. The lowest BCUT2D eigenvalue weighted by atomic mass is 9.99. The van der Waals surface area contributed by atoms with Crippen LogP contribution in [-0.4, -0.2) is 33.6 Å². The molecule has 0 aromatic carbocycles. The molecule has 0 radical (unpaired) electrons. The maximum absolute atomic E-state index is 9.87. The summed E-state index contributed by atoms with van der Waals surface area (Å²) in [5.74, 6) is 0. The molecule has 0 aliphatic rings. The summed E-state index contributed by atoms with van der Waals surface area (Å²) < 4.78 is 0. The Labute approximate surface area is 141 Å². The van der Waals surface area contributed by atoms with Gasteiger partial charge in [-0.25, -0.2) is 0 Å². The third kappa shape index (κ3) is 12.0. The van der Waals surface area contributed by atoms with Gasteiger partial charge in [-0.15, -0.1) is 6.58 Å². The molecule has 2 unspecified atom stereocenters. The predicted octanol–water partition coefficient (Wildman–Crippen LogP) is 4.07. The largest absolute Gasteiger partial charge is 0.392 e. The van der Waals surface area contributed by atoms with E-state index in [1.54, 1.807) is 19.1 Å². The van der Waals surface area contributed by atoms with Crippen LogP contribution < -0.4 is 0 Å². The Morgan fingerprint density at radius 3 is 2.35 bits per heavy atom. The molecule has 0 saturated carbocycles. The van der Waals surface area contributed by atoms with Crippen LogP contribution >= 0.6 is 0 Å². The van der Waals surface area contributed by atoms with E-state index in [2.05, 4.69) is 19.6 Å². The molecule has 0 bridgehead atoms. The van der Waals surface area contributed by atoms with Gasteiger partial charge in [-0.1, -0.05) is 35.5 Å². The fourth-order valence-electron chi connectivity index (χ4n) is 2.24. The lowest BCUT2D eigenvalue weighted by Gasteiger charge is -2.16. The average molecular weight is 322 g/mol.